The van der Waals surface area contributed by atoms with Crippen molar-refractivity contribution in [3.8, 4) is 5.75 Å². The minimum Gasteiger partial charge on any atom is -0.483 e. The number of carbonyl (C=O) groups is 4. The Kier molecular flexibility index (Phi) is 8.46. The molecule has 2 heterocycles. The Morgan fingerprint density at radius 3 is 2.58 bits per heavy atom. The first kappa shape index (κ1) is 24.3. The number of benzene rings is 1. The van der Waals surface area contributed by atoms with Crippen molar-refractivity contribution < 1.29 is 23.9 Å². The summed E-state index contributed by atoms with van der Waals surface area (Å²) in [5.41, 5.74) is 0.343. The lowest BCUT2D eigenvalue weighted by Crippen LogP contribution is -2.52. The van der Waals surface area contributed by atoms with Crippen molar-refractivity contribution in [2.75, 3.05) is 39.3 Å². The van der Waals surface area contributed by atoms with Crippen LogP contribution in [0.1, 0.15) is 31.7 Å². The van der Waals surface area contributed by atoms with Crippen molar-refractivity contribution in [1.29, 1.82) is 0 Å². The normalized spacial score (nSPS) is 20.2. The van der Waals surface area contributed by atoms with E-state index in [0.717, 1.165) is 5.56 Å². The van der Waals surface area contributed by atoms with Crippen molar-refractivity contribution in [3.63, 3.8) is 0 Å². The van der Waals surface area contributed by atoms with E-state index < -0.39 is 5.41 Å². The van der Waals surface area contributed by atoms with Crippen LogP contribution in [0.3, 0.4) is 0 Å². The molecule has 1 aromatic carbocycles. The quantitative estimate of drug-likeness (QED) is 0.562. The van der Waals surface area contributed by atoms with E-state index in [4.69, 9.17) is 4.74 Å². The van der Waals surface area contributed by atoms with Gasteiger partial charge >= 0.3 is 0 Å². The third kappa shape index (κ3) is 6.81. The van der Waals surface area contributed by atoms with E-state index in [9.17, 15) is 19.2 Å². The Balaban J connectivity index is 1.71. The molecule has 2 aliphatic rings. The molecule has 33 heavy (non-hydrogen) atoms. The van der Waals surface area contributed by atoms with Gasteiger partial charge in [0.15, 0.2) is 6.61 Å². The smallest absolute Gasteiger partial charge is 0.258 e. The molecule has 0 bridgehead atoms. The fraction of sp³-hybridized carbons (Fsp3) is 0.500. The molecule has 0 saturated carbocycles. The van der Waals surface area contributed by atoms with E-state index in [0.29, 0.717) is 57.6 Å². The maximum Gasteiger partial charge on any atom is 0.258 e. The van der Waals surface area contributed by atoms with Gasteiger partial charge < -0.3 is 25.6 Å². The molecule has 0 radical (unpaired) electrons. The Labute approximate surface area is 193 Å². The lowest BCUT2D eigenvalue weighted by Gasteiger charge is -2.40. The summed E-state index contributed by atoms with van der Waals surface area (Å²) in [7, 11) is 0. The number of likely N-dealkylation sites (tertiary alicyclic amines) is 1. The zero-order chi connectivity index (χ0) is 23.7. The van der Waals surface area contributed by atoms with Gasteiger partial charge in [-0.15, -0.1) is 0 Å². The fourth-order valence-corrected chi connectivity index (χ4v) is 4.11. The molecule has 2 aliphatic heterocycles. The van der Waals surface area contributed by atoms with E-state index in [1.165, 1.54) is 6.92 Å². The number of carbonyl (C=O) groups excluding carboxylic acids is 4. The molecular formula is C24H32N4O5. The van der Waals surface area contributed by atoms with Crippen LogP contribution in [0.5, 0.6) is 5.75 Å². The van der Waals surface area contributed by atoms with Gasteiger partial charge in [-0.3, -0.25) is 19.2 Å². The van der Waals surface area contributed by atoms with Crippen LogP contribution in [0.2, 0.25) is 0 Å². The van der Waals surface area contributed by atoms with Gasteiger partial charge in [0.25, 0.3) is 5.91 Å². The van der Waals surface area contributed by atoms with Gasteiger partial charge in [0.2, 0.25) is 17.7 Å². The number of ether oxygens (including phenoxy) is 1. The van der Waals surface area contributed by atoms with Gasteiger partial charge in [-0.25, -0.2) is 0 Å². The average molecular weight is 457 g/mol. The molecule has 1 saturated heterocycles. The monoisotopic (exact) mass is 456 g/mol. The number of allylic oxidation sites excluding steroid dienone is 2. The number of hydrogen-bond donors (Lipinski definition) is 3. The highest BCUT2D eigenvalue weighted by atomic mass is 16.5. The maximum atomic E-state index is 13.2. The second kappa shape index (κ2) is 11.5. The maximum absolute atomic E-state index is 13.2. The molecule has 1 fully saturated rings. The van der Waals surface area contributed by atoms with Gasteiger partial charge in [-0.05, 0) is 37.3 Å². The molecule has 0 unspecified atom stereocenters. The summed E-state index contributed by atoms with van der Waals surface area (Å²) in [5, 5.41) is 8.24. The second-order valence-corrected chi connectivity index (χ2v) is 8.45. The van der Waals surface area contributed by atoms with Gasteiger partial charge in [0.1, 0.15) is 5.75 Å². The standard InChI is InChI=1S/C24H32N4O5/c1-18(29)27-16-22(31)28-14-10-24(11-15-28)9-5-4-7-19-6-2-3-8-20(19)33-17-21(30)25-12-13-26-23(24)32/h2-6,8H,7,9-17H2,1H3,(H,25,30)(H,26,32)(H,27,29)/b5-4+. The van der Waals surface area contributed by atoms with Crippen molar-refractivity contribution in [2.45, 2.75) is 32.6 Å². The van der Waals surface area contributed by atoms with E-state index >= 15 is 0 Å². The summed E-state index contributed by atoms with van der Waals surface area (Å²) < 4.78 is 5.68. The van der Waals surface area contributed by atoms with Crippen LogP contribution >= 0.6 is 0 Å². The lowest BCUT2D eigenvalue weighted by molar-refractivity contribution is -0.140. The molecule has 3 rings (SSSR count). The lowest BCUT2D eigenvalue weighted by atomic mass is 9.74. The van der Waals surface area contributed by atoms with Crippen molar-refractivity contribution in [1.82, 2.24) is 20.9 Å². The fourth-order valence-electron chi connectivity index (χ4n) is 4.11. The molecule has 0 aromatic heterocycles. The Hall–Kier alpha value is -3.36. The number of hydrogen-bond acceptors (Lipinski definition) is 5. The largest absolute Gasteiger partial charge is 0.483 e. The van der Waals surface area contributed by atoms with Crippen LogP contribution in [0.4, 0.5) is 0 Å². The number of rotatable bonds is 2. The molecule has 9 heteroatoms. The first-order valence-electron chi connectivity index (χ1n) is 11.3. The van der Waals surface area contributed by atoms with Crippen molar-refractivity contribution in [2.24, 2.45) is 5.41 Å². The van der Waals surface area contributed by atoms with Crippen molar-refractivity contribution >= 4 is 23.6 Å². The van der Waals surface area contributed by atoms with E-state index in [-0.39, 0.29) is 36.8 Å². The summed E-state index contributed by atoms with van der Waals surface area (Å²) in [5.74, 6) is -0.0381. The molecule has 1 aromatic rings. The highest BCUT2D eigenvalue weighted by Crippen LogP contribution is 2.36. The highest BCUT2D eigenvalue weighted by Gasteiger charge is 2.41. The number of amides is 4. The number of para-hydroxylation sites is 1. The highest BCUT2D eigenvalue weighted by molar-refractivity contribution is 5.85. The van der Waals surface area contributed by atoms with Crippen LogP contribution < -0.4 is 20.7 Å². The summed E-state index contributed by atoms with van der Waals surface area (Å²) in [6.07, 6.45) is 6.28. The molecule has 1 spiro atoms. The Bertz CT molecular complexity index is 906. The first-order chi connectivity index (χ1) is 15.9. The summed E-state index contributed by atoms with van der Waals surface area (Å²) in [6.45, 7) is 2.79. The molecule has 178 valence electrons. The summed E-state index contributed by atoms with van der Waals surface area (Å²) in [4.78, 5) is 50.4. The van der Waals surface area contributed by atoms with Gasteiger partial charge in [-0.2, -0.15) is 0 Å². The zero-order valence-electron chi connectivity index (χ0n) is 19.0. The van der Waals surface area contributed by atoms with Gasteiger partial charge in [-0.1, -0.05) is 30.4 Å². The minimum atomic E-state index is -0.624. The van der Waals surface area contributed by atoms with E-state index in [1.807, 2.05) is 36.4 Å². The third-order valence-corrected chi connectivity index (χ3v) is 6.12. The van der Waals surface area contributed by atoms with E-state index in [2.05, 4.69) is 16.0 Å². The van der Waals surface area contributed by atoms with Crippen LogP contribution in [-0.4, -0.2) is 67.9 Å². The van der Waals surface area contributed by atoms with Crippen LogP contribution in [0, 0.1) is 5.41 Å². The number of nitrogens with zero attached hydrogens (tertiary/aromatic N) is 1. The summed E-state index contributed by atoms with van der Waals surface area (Å²) >= 11 is 0. The van der Waals surface area contributed by atoms with E-state index in [1.54, 1.807) is 4.90 Å². The molecule has 9 nitrogen and oxygen atoms in total. The van der Waals surface area contributed by atoms with Crippen LogP contribution in [0.25, 0.3) is 0 Å². The first-order valence-corrected chi connectivity index (χ1v) is 11.3. The Morgan fingerprint density at radius 2 is 1.82 bits per heavy atom. The molecule has 3 N–H and O–H groups in total. The SMILES string of the molecule is CC(=O)NCC(=O)N1CCC2(C/C=C/Cc3ccccc3OCC(=O)NCCNC2=O)CC1. The van der Waals surface area contributed by atoms with Gasteiger partial charge in [0, 0.05) is 33.1 Å². The average Bonchev–Trinajstić information content (AvgIpc) is 2.82. The predicted octanol–water partition coefficient (Wildman–Crippen LogP) is 0.545. The predicted molar refractivity (Wildman–Crippen MR) is 122 cm³/mol. The topological polar surface area (TPSA) is 117 Å². The minimum absolute atomic E-state index is 0.0321. The number of fused-ring (bicyclic) bond motifs is 1. The van der Waals surface area contributed by atoms with Crippen LogP contribution in [-0.2, 0) is 25.6 Å². The Morgan fingerprint density at radius 1 is 1.09 bits per heavy atom. The van der Waals surface area contributed by atoms with Crippen LogP contribution in [0.15, 0.2) is 36.4 Å². The second-order valence-electron chi connectivity index (χ2n) is 8.45. The number of nitrogens with one attached hydrogen (secondary N) is 3. The molecular weight excluding hydrogens is 424 g/mol. The summed E-state index contributed by atoms with van der Waals surface area (Å²) in [6, 6.07) is 7.59. The van der Waals surface area contributed by atoms with Crippen molar-refractivity contribution in [3.05, 3.63) is 42.0 Å². The molecule has 0 aliphatic carbocycles. The van der Waals surface area contributed by atoms with Gasteiger partial charge in [0.05, 0.1) is 12.0 Å². The zero-order valence-corrected chi connectivity index (χ0v) is 19.0. The third-order valence-electron chi connectivity index (χ3n) is 6.12. The molecule has 4 amide bonds. The number of piperidine rings is 1. The molecule has 0 atom stereocenters.